The molecule has 17 heavy (non-hydrogen) atoms. The van der Waals surface area contributed by atoms with Crippen molar-refractivity contribution in [1.82, 2.24) is 0 Å². The minimum Gasteiger partial charge on any atom is -0.224 e. The molecule has 92 valence electrons. The van der Waals surface area contributed by atoms with Crippen molar-refractivity contribution in [1.29, 1.82) is 5.26 Å². The molecule has 0 aliphatic carbocycles. The van der Waals surface area contributed by atoms with Crippen molar-refractivity contribution in [3.05, 3.63) is 28.2 Å². The minimum atomic E-state index is -3.33. The van der Waals surface area contributed by atoms with Crippen LogP contribution in [0.3, 0.4) is 0 Å². The second kappa shape index (κ2) is 6.25. The molecule has 3 nitrogen and oxygen atoms in total. The molecule has 0 spiro atoms. The summed E-state index contributed by atoms with van der Waals surface area (Å²) in [6.45, 7) is 0. The maximum Gasteiger partial charge on any atom is 0.178 e. The average molecular weight is 292 g/mol. The molecule has 0 saturated carbocycles. The smallest absolute Gasteiger partial charge is 0.178 e. The normalized spacial score (nSPS) is 11.1. The molecular formula is C11H11Cl2NO2S. The lowest BCUT2D eigenvalue weighted by Gasteiger charge is -2.04. The van der Waals surface area contributed by atoms with Crippen LogP contribution in [0.2, 0.25) is 10.0 Å². The molecule has 0 unspecified atom stereocenters. The lowest BCUT2D eigenvalue weighted by atomic mass is 10.3. The van der Waals surface area contributed by atoms with Gasteiger partial charge in [0.05, 0.1) is 26.8 Å². The molecule has 0 aliphatic heterocycles. The van der Waals surface area contributed by atoms with Crippen molar-refractivity contribution in [2.75, 3.05) is 5.75 Å². The van der Waals surface area contributed by atoms with E-state index < -0.39 is 9.84 Å². The summed E-state index contributed by atoms with van der Waals surface area (Å²) in [4.78, 5) is 0.170. The van der Waals surface area contributed by atoms with E-state index in [9.17, 15) is 8.42 Å². The molecule has 1 rings (SSSR count). The second-order valence-electron chi connectivity index (χ2n) is 3.51. The maximum absolute atomic E-state index is 11.9. The van der Waals surface area contributed by atoms with Crippen molar-refractivity contribution < 1.29 is 8.42 Å². The third-order valence-corrected chi connectivity index (χ3v) is 4.74. The zero-order valence-corrected chi connectivity index (χ0v) is 11.3. The fraction of sp³-hybridized carbons (Fsp3) is 0.364. The quantitative estimate of drug-likeness (QED) is 0.781. The largest absolute Gasteiger partial charge is 0.224 e. The summed E-state index contributed by atoms with van der Waals surface area (Å²) in [6, 6.07) is 6.23. The zero-order chi connectivity index (χ0) is 12.9. The Balaban J connectivity index is 2.76. The summed E-state index contributed by atoms with van der Waals surface area (Å²) in [7, 11) is -3.33. The van der Waals surface area contributed by atoms with Crippen LogP contribution in [0.4, 0.5) is 0 Å². The Morgan fingerprint density at radius 2 is 1.88 bits per heavy atom. The van der Waals surface area contributed by atoms with Gasteiger partial charge in [0.15, 0.2) is 9.84 Å². The van der Waals surface area contributed by atoms with Crippen LogP contribution in [-0.4, -0.2) is 14.2 Å². The number of hydrogen-bond donors (Lipinski definition) is 0. The summed E-state index contributed by atoms with van der Waals surface area (Å²) >= 11 is 11.5. The number of halogens is 2. The first-order valence-corrected chi connectivity index (χ1v) is 7.43. The molecule has 0 aliphatic rings. The van der Waals surface area contributed by atoms with Crippen LogP contribution in [0, 0.1) is 11.3 Å². The lowest BCUT2D eigenvalue weighted by molar-refractivity contribution is 0.592. The number of hydrogen-bond acceptors (Lipinski definition) is 3. The number of unbranched alkanes of at least 4 members (excludes halogenated alkanes) is 2. The molecule has 6 heteroatoms. The van der Waals surface area contributed by atoms with E-state index in [-0.39, 0.29) is 15.7 Å². The van der Waals surface area contributed by atoms with Gasteiger partial charge in [0.1, 0.15) is 0 Å². The Hall–Kier alpha value is -0.760. The van der Waals surface area contributed by atoms with Crippen LogP contribution in [0.15, 0.2) is 23.1 Å². The van der Waals surface area contributed by atoms with E-state index in [2.05, 4.69) is 0 Å². The van der Waals surface area contributed by atoms with Crippen LogP contribution >= 0.6 is 23.2 Å². The van der Waals surface area contributed by atoms with Crippen LogP contribution in [0.5, 0.6) is 0 Å². The topological polar surface area (TPSA) is 57.9 Å². The summed E-state index contributed by atoms with van der Waals surface area (Å²) in [6.07, 6.45) is 1.42. The van der Waals surface area contributed by atoms with Gasteiger partial charge in [-0.15, -0.1) is 0 Å². The highest BCUT2D eigenvalue weighted by molar-refractivity contribution is 7.91. The number of rotatable bonds is 5. The van der Waals surface area contributed by atoms with Crippen molar-refractivity contribution >= 4 is 33.0 Å². The van der Waals surface area contributed by atoms with Gasteiger partial charge in [-0.25, -0.2) is 8.42 Å². The summed E-state index contributed by atoms with van der Waals surface area (Å²) in [5.74, 6) is 0.0205. The molecule has 1 aromatic carbocycles. The molecular weight excluding hydrogens is 281 g/mol. The first-order valence-electron chi connectivity index (χ1n) is 5.02. The predicted molar refractivity (Wildman–Crippen MR) is 68.0 cm³/mol. The molecule has 0 heterocycles. The highest BCUT2D eigenvalue weighted by Crippen LogP contribution is 2.25. The molecule has 0 amide bonds. The Morgan fingerprint density at radius 1 is 1.18 bits per heavy atom. The Bertz CT molecular complexity index is 535. The number of nitrogens with zero attached hydrogens (tertiary/aromatic N) is 1. The second-order valence-corrected chi connectivity index (χ2v) is 6.43. The average Bonchev–Trinajstić information content (AvgIpc) is 2.28. The molecule has 0 bridgehead atoms. The van der Waals surface area contributed by atoms with Gasteiger partial charge in [0.25, 0.3) is 0 Å². The fourth-order valence-electron chi connectivity index (χ4n) is 1.28. The van der Waals surface area contributed by atoms with E-state index in [1.165, 1.54) is 18.2 Å². The molecule has 0 fully saturated rings. The number of benzene rings is 1. The summed E-state index contributed by atoms with van der Waals surface area (Å²) in [5.41, 5.74) is 0. The number of sulfone groups is 1. The first kappa shape index (κ1) is 14.3. The van der Waals surface area contributed by atoms with E-state index >= 15 is 0 Å². The van der Waals surface area contributed by atoms with Gasteiger partial charge in [0, 0.05) is 6.42 Å². The Kier molecular flexibility index (Phi) is 5.26. The maximum atomic E-state index is 11.9. The third kappa shape index (κ3) is 4.19. The van der Waals surface area contributed by atoms with Crippen LogP contribution in [0.1, 0.15) is 19.3 Å². The van der Waals surface area contributed by atoms with Crippen molar-refractivity contribution in [2.45, 2.75) is 24.2 Å². The van der Waals surface area contributed by atoms with Crippen molar-refractivity contribution in [2.24, 2.45) is 0 Å². The van der Waals surface area contributed by atoms with Crippen LogP contribution in [-0.2, 0) is 9.84 Å². The fourth-order valence-corrected chi connectivity index (χ4v) is 3.04. The third-order valence-electron chi connectivity index (χ3n) is 2.20. The molecule has 0 saturated heterocycles. The zero-order valence-electron chi connectivity index (χ0n) is 8.99. The summed E-state index contributed by atoms with van der Waals surface area (Å²) in [5, 5.41) is 8.90. The summed E-state index contributed by atoms with van der Waals surface area (Å²) < 4.78 is 23.7. The van der Waals surface area contributed by atoms with E-state index in [4.69, 9.17) is 28.5 Å². The minimum absolute atomic E-state index is 0.0205. The van der Waals surface area contributed by atoms with E-state index in [0.29, 0.717) is 24.3 Å². The Morgan fingerprint density at radius 3 is 2.47 bits per heavy atom. The number of nitriles is 1. The monoisotopic (exact) mass is 291 g/mol. The molecule has 0 atom stereocenters. The van der Waals surface area contributed by atoms with Gasteiger partial charge in [-0.2, -0.15) is 5.26 Å². The van der Waals surface area contributed by atoms with Crippen LogP contribution in [0.25, 0.3) is 0 Å². The Labute approximate surface area is 111 Å². The highest BCUT2D eigenvalue weighted by Gasteiger charge is 2.15. The van der Waals surface area contributed by atoms with Gasteiger partial charge in [0.2, 0.25) is 0 Å². The van der Waals surface area contributed by atoms with Crippen molar-refractivity contribution in [3.8, 4) is 6.07 Å². The molecule has 0 radical (unpaired) electrons. The van der Waals surface area contributed by atoms with Crippen molar-refractivity contribution in [3.63, 3.8) is 0 Å². The predicted octanol–water partition coefficient (Wildman–Crippen LogP) is 3.46. The van der Waals surface area contributed by atoms with E-state index in [1.54, 1.807) is 0 Å². The van der Waals surface area contributed by atoms with E-state index in [1.807, 2.05) is 6.07 Å². The van der Waals surface area contributed by atoms with Gasteiger partial charge >= 0.3 is 0 Å². The van der Waals surface area contributed by atoms with Gasteiger partial charge < -0.3 is 0 Å². The SMILES string of the molecule is N#CCCCCS(=O)(=O)c1ccc(Cl)c(Cl)c1. The lowest BCUT2D eigenvalue weighted by Crippen LogP contribution is -2.06. The van der Waals surface area contributed by atoms with Gasteiger partial charge in [-0.1, -0.05) is 23.2 Å². The molecule has 0 N–H and O–H groups in total. The van der Waals surface area contributed by atoms with E-state index in [0.717, 1.165) is 0 Å². The van der Waals surface area contributed by atoms with Gasteiger partial charge in [-0.05, 0) is 31.0 Å². The van der Waals surface area contributed by atoms with Gasteiger partial charge in [-0.3, -0.25) is 0 Å². The van der Waals surface area contributed by atoms with Crippen LogP contribution < -0.4 is 0 Å². The highest BCUT2D eigenvalue weighted by atomic mass is 35.5. The standard InChI is InChI=1S/C11H11Cl2NO2S/c12-10-5-4-9(8-11(10)13)17(15,16)7-3-1-2-6-14/h4-5,8H,1-3,7H2. The first-order chi connectivity index (χ1) is 7.97. The molecule has 0 aromatic heterocycles. The molecule has 1 aromatic rings.